The molecule has 0 bridgehead atoms. The highest BCUT2D eigenvalue weighted by Crippen LogP contribution is 2.69. The summed E-state index contributed by atoms with van der Waals surface area (Å²) in [5.74, 6) is 0.134. The minimum atomic E-state index is -1.24. The van der Waals surface area contributed by atoms with Gasteiger partial charge in [0.05, 0.1) is 12.2 Å². The number of carbonyl (C=O) groups is 2. The standard InChI is InChI=1S/C27H36O7/c1-25-8-5-17(29)11-16(25)3-4-18-19-12-22-27(21(31)14-28,26(19,2)13-20(30)23(18)25)34-24(33-22)15-6-9-32-10-7-15/h5,8,11,15,18-20,22-24,28,30H,3-4,6-7,9-10,12-14H2,1-2H3/t18-,19-,20-,22+,23+,24?,25-,26-,27+/m0/s1. The monoisotopic (exact) mass is 472 g/mol. The zero-order chi connectivity index (χ0) is 23.9. The van der Waals surface area contributed by atoms with Gasteiger partial charge in [0.25, 0.3) is 0 Å². The summed E-state index contributed by atoms with van der Waals surface area (Å²) in [6.07, 6.45) is 8.26. The third-order valence-corrected chi connectivity index (χ3v) is 10.5. The maximum absolute atomic E-state index is 13.5. The van der Waals surface area contributed by atoms with E-state index < -0.39 is 36.1 Å². The second kappa shape index (κ2) is 7.81. The summed E-state index contributed by atoms with van der Waals surface area (Å²) < 4.78 is 18.7. The van der Waals surface area contributed by atoms with Crippen LogP contribution in [-0.4, -0.2) is 65.7 Å². The summed E-state index contributed by atoms with van der Waals surface area (Å²) in [4.78, 5) is 25.5. The molecule has 3 saturated carbocycles. The SMILES string of the molecule is C[C@]12C=CC(=O)C=C1CC[C@@H]1[C@@H]2[C@@H](O)C[C@@]2(C)[C@H]1C[C@H]1OC(C3CCOCC3)O[C@]12C(=O)CO. The quantitative estimate of drug-likeness (QED) is 0.650. The predicted molar refractivity (Wildman–Crippen MR) is 122 cm³/mol. The Labute approximate surface area is 200 Å². The first-order chi connectivity index (χ1) is 16.2. The third kappa shape index (κ3) is 2.88. The predicted octanol–water partition coefficient (Wildman–Crippen LogP) is 2.34. The lowest BCUT2D eigenvalue weighted by Crippen LogP contribution is -2.63. The van der Waals surface area contributed by atoms with E-state index in [-0.39, 0.29) is 40.7 Å². The highest BCUT2D eigenvalue weighted by Gasteiger charge is 2.76. The molecule has 186 valence electrons. The van der Waals surface area contributed by atoms with E-state index in [0.717, 1.165) is 31.3 Å². The van der Waals surface area contributed by atoms with Crippen LogP contribution in [0.3, 0.4) is 0 Å². The Morgan fingerprint density at radius 3 is 2.71 bits per heavy atom. The number of allylic oxidation sites excluding steroid dienone is 4. The number of rotatable bonds is 3. The van der Waals surface area contributed by atoms with Crippen molar-refractivity contribution in [3.05, 3.63) is 23.8 Å². The van der Waals surface area contributed by atoms with Crippen LogP contribution in [0, 0.1) is 34.5 Å². The van der Waals surface area contributed by atoms with E-state index in [9.17, 15) is 19.8 Å². The van der Waals surface area contributed by atoms with Gasteiger partial charge in [-0.2, -0.15) is 0 Å². The topological polar surface area (TPSA) is 102 Å². The Kier molecular flexibility index (Phi) is 5.29. The van der Waals surface area contributed by atoms with Crippen molar-refractivity contribution >= 4 is 11.6 Å². The van der Waals surface area contributed by atoms with E-state index in [1.165, 1.54) is 0 Å². The van der Waals surface area contributed by atoms with Gasteiger partial charge in [-0.15, -0.1) is 0 Å². The number of ether oxygens (including phenoxy) is 3. The first-order valence-electron chi connectivity index (χ1n) is 12.9. The molecule has 5 fully saturated rings. The molecule has 6 aliphatic rings. The van der Waals surface area contributed by atoms with Gasteiger partial charge >= 0.3 is 0 Å². The van der Waals surface area contributed by atoms with Gasteiger partial charge in [-0.25, -0.2) is 0 Å². The van der Waals surface area contributed by atoms with E-state index in [2.05, 4.69) is 13.8 Å². The zero-order valence-corrected chi connectivity index (χ0v) is 20.1. The molecule has 0 spiro atoms. The molecule has 7 heteroatoms. The second-order valence-corrected chi connectivity index (χ2v) is 11.8. The van der Waals surface area contributed by atoms with Crippen LogP contribution in [0.25, 0.3) is 0 Å². The average molecular weight is 473 g/mol. The number of carbonyl (C=O) groups excluding carboxylic acids is 2. The van der Waals surface area contributed by atoms with Gasteiger partial charge in [-0.05, 0) is 62.5 Å². The summed E-state index contributed by atoms with van der Waals surface area (Å²) in [6.45, 7) is 4.94. The van der Waals surface area contributed by atoms with Crippen LogP contribution >= 0.6 is 0 Å². The van der Waals surface area contributed by atoms with Crippen molar-refractivity contribution in [1.82, 2.24) is 0 Å². The fourth-order valence-corrected chi connectivity index (χ4v) is 8.91. The maximum Gasteiger partial charge on any atom is 0.193 e. The molecule has 0 amide bonds. The molecule has 2 N–H and O–H groups in total. The Balaban J connectivity index is 1.37. The molecule has 2 saturated heterocycles. The number of hydrogen-bond acceptors (Lipinski definition) is 7. The molecule has 0 aromatic carbocycles. The molecule has 34 heavy (non-hydrogen) atoms. The molecule has 0 radical (unpaired) electrons. The van der Waals surface area contributed by atoms with Gasteiger partial charge in [0, 0.05) is 35.9 Å². The van der Waals surface area contributed by atoms with E-state index in [1.54, 1.807) is 12.2 Å². The van der Waals surface area contributed by atoms with Crippen LogP contribution in [0.15, 0.2) is 23.8 Å². The summed E-state index contributed by atoms with van der Waals surface area (Å²) in [5, 5.41) is 21.7. The molecule has 0 aromatic heterocycles. The Morgan fingerprint density at radius 2 is 1.97 bits per heavy atom. The molecule has 1 unspecified atom stereocenters. The smallest absolute Gasteiger partial charge is 0.193 e. The van der Waals surface area contributed by atoms with Gasteiger partial charge in [0.15, 0.2) is 23.5 Å². The average Bonchev–Trinajstić information content (AvgIpc) is 3.32. The van der Waals surface area contributed by atoms with Crippen LogP contribution in [-0.2, 0) is 23.8 Å². The van der Waals surface area contributed by atoms with Crippen molar-refractivity contribution in [1.29, 1.82) is 0 Å². The van der Waals surface area contributed by atoms with Crippen molar-refractivity contribution in [2.45, 2.75) is 76.5 Å². The van der Waals surface area contributed by atoms with Crippen molar-refractivity contribution in [2.75, 3.05) is 19.8 Å². The number of aliphatic hydroxyl groups excluding tert-OH is 2. The third-order valence-electron chi connectivity index (χ3n) is 10.5. The van der Waals surface area contributed by atoms with Gasteiger partial charge in [0.2, 0.25) is 0 Å². The fourth-order valence-electron chi connectivity index (χ4n) is 8.91. The summed E-state index contributed by atoms with van der Waals surface area (Å²) in [7, 11) is 0. The number of hydrogen-bond donors (Lipinski definition) is 2. The molecule has 4 aliphatic carbocycles. The van der Waals surface area contributed by atoms with Crippen LogP contribution in [0.4, 0.5) is 0 Å². The van der Waals surface area contributed by atoms with Gasteiger partial charge in [-0.3, -0.25) is 9.59 Å². The number of ketones is 2. The fraction of sp³-hybridized carbons (Fsp3) is 0.778. The highest BCUT2D eigenvalue weighted by atomic mass is 16.7. The Bertz CT molecular complexity index is 951. The molecule has 0 aromatic rings. The lowest BCUT2D eigenvalue weighted by Gasteiger charge is -2.59. The summed E-state index contributed by atoms with van der Waals surface area (Å²) in [6, 6.07) is 0. The van der Waals surface area contributed by atoms with Crippen molar-refractivity contribution in [2.24, 2.45) is 34.5 Å². The minimum Gasteiger partial charge on any atom is -0.393 e. The molecule has 6 rings (SSSR count). The van der Waals surface area contributed by atoms with Gasteiger partial charge < -0.3 is 24.4 Å². The van der Waals surface area contributed by atoms with Gasteiger partial charge in [-0.1, -0.05) is 25.5 Å². The Hall–Kier alpha value is -1.38. The van der Waals surface area contributed by atoms with E-state index in [0.29, 0.717) is 26.1 Å². The molecule has 7 nitrogen and oxygen atoms in total. The molecule has 2 aliphatic heterocycles. The zero-order valence-electron chi connectivity index (χ0n) is 20.1. The summed E-state index contributed by atoms with van der Waals surface area (Å²) >= 11 is 0. The normalized spacial score (nSPS) is 50.2. The van der Waals surface area contributed by atoms with E-state index in [1.807, 2.05) is 6.08 Å². The van der Waals surface area contributed by atoms with Crippen molar-refractivity contribution < 1.29 is 34.0 Å². The van der Waals surface area contributed by atoms with Gasteiger partial charge in [0.1, 0.15) is 6.61 Å². The van der Waals surface area contributed by atoms with E-state index >= 15 is 0 Å². The highest BCUT2D eigenvalue weighted by molar-refractivity contribution is 6.01. The molecule has 9 atom stereocenters. The molecular weight excluding hydrogens is 436 g/mol. The summed E-state index contributed by atoms with van der Waals surface area (Å²) in [5.41, 5.74) is -1.13. The van der Waals surface area contributed by atoms with Crippen molar-refractivity contribution in [3.63, 3.8) is 0 Å². The largest absolute Gasteiger partial charge is 0.393 e. The van der Waals surface area contributed by atoms with Crippen LogP contribution in [0.2, 0.25) is 0 Å². The first kappa shape index (κ1) is 23.0. The van der Waals surface area contributed by atoms with Crippen LogP contribution in [0.1, 0.15) is 52.4 Å². The second-order valence-electron chi connectivity index (χ2n) is 11.8. The number of fused-ring (bicyclic) bond motifs is 7. The lowest BCUT2D eigenvalue weighted by atomic mass is 9.46. The molecule has 2 heterocycles. The maximum atomic E-state index is 13.5. The molecular formula is C27H36O7. The Morgan fingerprint density at radius 1 is 1.21 bits per heavy atom. The number of Topliss-reactive ketones (excluding diaryl/α,β-unsaturated/α-hetero) is 1. The number of aliphatic hydroxyl groups is 2. The van der Waals surface area contributed by atoms with E-state index in [4.69, 9.17) is 14.2 Å². The first-order valence-corrected chi connectivity index (χ1v) is 12.9. The lowest BCUT2D eigenvalue weighted by molar-refractivity contribution is -0.212. The minimum absolute atomic E-state index is 0.0184. The van der Waals surface area contributed by atoms with Crippen LogP contribution < -0.4 is 0 Å². The van der Waals surface area contributed by atoms with Crippen LogP contribution in [0.5, 0.6) is 0 Å². The van der Waals surface area contributed by atoms with Crippen molar-refractivity contribution in [3.8, 4) is 0 Å².